The van der Waals surface area contributed by atoms with Crippen LogP contribution in [0.1, 0.15) is 5.56 Å². The molecule has 0 spiro atoms. The van der Waals surface area contributed by atoms with Gasteiger partial charge in [0.1, 0.15) is 0 Å². The third-order valence-corrected chi connectivity index (χ3v) is 2.13. The zero-order valence-electron chi connectivity index (χ0n) is 10.1. The molecule has 3 N–H and O–H groups in total. The fraction of sp³-hybridized carbons (Fsp3) is 0.250. The minimum Gasteiger partial charge on any atom is -0.493 e. The lowest BCUT2D eigenvalue weighted by atomic mass is 10.1. The Morgan fingerprint density at radius 2 is 2.28 bits per heavy atom. The second-order valence-electron chi connectivity index (χ2n) is 3.36. The number of nitrogens with one attached hydrogen (secondary N) is 1. The number of allylic oxidation sites excluding steroid dienone is 1. The highest BCUT2D eigenvalue weighted by atomic mass is 16.7. The van der Waals surface area contributed by atoms with Gasteiger partial charge in [0.25, 0.3) is 0 Å². The summed E-state index contributed by atoms with van der Waals surface area (Å²) >= 11 is 0. The zero-order chi connectivity index (χ0) is 13.4. The minimum absolute atomic E-state index is 0.263. The Morgan fingerprint density at radius 3 is 2.89 bits per heavy atom. The van der Waals surface area contributed by atoms with Gasteiger partial charge in [-0.1, -0.05) is 17.7 Å². The van der Waals surface area contributed by atoms with Crippen molar-refractivity contribution in [3.8, 4) is 11.5 Å². The molecule has 0 aliphatic carbocycles. The van der Waals surface area contributed by atoms with Crippen molar-refractivity contribution in [2.75, 3.05) is 13.7 Å². The zero-order valence-corrected chi connectivity index (χ0v) is 10.1. The number of nitrogens with two attached hydrogens (primary N) is 1. The van der Waals surface area contributed by atoms with E-state index in [4.69, 9.17) is 15.3 Å². The van der Waals surface area contributed by atoms with Crippen molar-refractivity contribution in [2.45, 2.75) is 6.42 Å². The van der Waals surface area contributed by atoms with Crippen LogP contribution in [-0.4, -0.2) is 19.7 Å². The highest BCUT2D eigenvalue weighted by Crippen LogP contribution is 2.28. The van der Waals surface area contributed by atoms with Crippen LogP contribution in [0.25, 0.3) is 0 Å². The molecular formula is C12H16N2O4. The molecule has 18 heavy (non-hydrogen) atoms. The fourth-order valence-corrected chi connectivity index (χ4v) is 1.36. The molecule has 98 valence electrons. The van der Waals surface area contributed by atoms with Crippen molar-refractivity contribution in [1.29, 1.82) is 0 Å². The maximum atomic E-state index is 11.0. The lowest BCUT2D eigenvalue weighted by Gasteiger charge is -2.11. The third-order valence-electron chi connectivity index (χ3n) is 2.13. The Bertz CT molecular complexity index is 421. The molecule has 0 heterocycles. The van der Waals surface area contributed by atoms with Crippen LogP contribution in [0.3, 0.4) is 0 Å². The molecule has 6 nitrogen and oxygen atoms in total. The lowest BCUT2D eigenvalue weighted by molar-refractivity contribution is -0.153. The first kappa shape index (κ1) is 14.0. The Balaban J connectivity index is 2.70. The fourth-order valence-electron chi connectivity index (χ4n) is 1.36. The van der Waals surface area contributed by atoms with Crippen LogP contribution in [-0.2, 0) is 16.1 Å². The molecule has 0 aromatic heterocycles. The summed E-state index contributed by atoms with van der Waals surface area (Å²) in [5.41, 5.74) is 2.83. The van der Waals surface area contributed by atoms with Crippen LogP contribution >= 0.6 is 0 Å². The molecule has 1 aromatic rings. The predicted molar refractivity (Wildman–Crippen MR) is 65.8 cm³/mol. The van der Waals surface area contributed by atoms with Crippen molar-refractivity contribution in [3.05, 3.63) is 36.4 Å². The molecule has 0 bridgehead atoms. The number of rotatable bonds is 7. The molecule has 0 atom stereocenters. The van der Waals surface area contributed by atoms with E-state index in [1.54, 1.807) is 17.7 Å². The molecule has 0 unspecified atom stereocenters. The average molecular weight is 252 g/mol. The Kier molecular flexibility index (Phi) is 5.69. The van der Waals surface area contributed by atoms with E-state index in [0.29, 0.717) is 11.5 Å². The summed E-state index contributed by atoms with van der Waals surface area (Å²) in [6.45, 7) is 3.40. The minimum atomic E-state index is -0.630. The van der Waals surface area contributed by atoms with E-state index in [1.165, 1.54) is 7.11 Å². The molecule has 0 saturated heterocycles. The number of benzene rings is 1. The molecule has 0 fully saturated rings. The van der Waals surface area contributed by atoms with Crippen LogP contribution in [0.4, 0.5) is 0 Å². The van der Waals surface area contributed by atoms with E-state index in [9.17, 15) is 4.79 Å². The van der Waals surface area contributed by atoms with Gasteiger partial charge in [-0.15, -0.1) is 6.58 Å². The van der Waals surface area contributed by atoms with E-state index >= 15 is 0 Å². The molecule has 0 saturated carbocycles. The van der Waals surface area contributed by atoms with Gasteiger partial charge in [-0.25, -0.2) is 10.6 Å². The van der Waals surface area contributed by atoms with E-state index < -0.39 is 5.97 Å². The maximum Gasteiger partial charge on any atom is 0.363 e. The molecule has 0 radical (unpaired) electrons. The lowest BCUT2D eigenvalue weighted by Crippen LogP contribution is -2.29. The highest BCUT2D eigenvalue weighted by molar-refractivity contribution is 5.70. The molecule has 1 aromatic carbocycles. The molecule has 0 aliphatic heterocycles. The predicted octanol–water partition coefficient (Wildman–Crippen LogP) is 0.724. The molecule has 6 heteroatoms. The largest absolute Gasteiger partial charge is 0.493 e. The van der Waals surface area contributed by atoms with Crippen molar-refractivity contribution >= 4 is 5.97 Å². The van der Waals surface area contributed by atoms with Crippen LogP contribution in [0.2, 0.25) is 0 Å². The van der Waals surface area contributed by atoms with E-state index in [1.807, 2.05) is 12.1 Å². The second kappa shape index (κ2) is 7.31. The second-order valence-corrected chi connectivity index (χ2v) is 3.36. The van der Waals surface area contributed by atoms with Crippen molar-refractivity contribution in [3.63, 3.8) is 0 Å². The van der Waals surface area contributed by atoms with Crippen molar-refractivity contribution < 1.29 is 19.1 Å². The summed E-state index contributed by atoms with van der Waals surface area (Å²) in [6.07, 6.45) is 2.52. The molecule has 1 rings (SSSR count). The quantitative estimate of drug-likeness (QED) is 0.423. The summed E-state index contributed by atoms with van der Waals surface area (Å²) < 4.78 is 10.4. The van der Waals surface area contributed by atoms with E-state index in [2.05, 4.69) is 11.4 Å². The van der Waals surface area contributed by atoms with Gasteiger partial charge in [-0.2, -0.15) is 0 Å². The topological polar surface area (TPSA) is 82.8 Å². The van der Waals surface area contributed by atoms with Gasteiger partial charge in [-0.05, 0) is 24.1 Å². The summed E-state index contributed by atoms with van der Waals surface area (Å²) in [7, 11) is 1.53. The van der Waals surface area contributed by atoms with Gasteiger partial charge >= 0.3 is 5.97 Å². The highest BCUT2D eigenvalue weighted by Gasteiger charge is 2.09. The average Bonchev–Trinajstić information content (AvgIpc) is 2.37. The monoisotopic (exact) mass is 252 g/mol. The Hall–Kier alpha value is -2.05. The standard InChI is InChI=1S/C12H16N2O4/c1-3-4-9-5-6-10(11(7-9)16-2)17-8-12(15)18-14-13/h3,5-7,14H,1,4,8,13H2,2H3. The van der Waals surface area contributed by atoms with Gasteiger partial charge in [0, 0.05) is 0 Å². The van der Waals surface area contributed by atoms with Crippen LogP contribution in [0.15, 0.2) is 30.9 Å². The number of methoxy groups -OCH3 is 1. The van der Waals surface area contributed by atoms with Gasteiger partial charge < -0.3 is 14.3 Å². The number of carbonyl (C=O) groups is 1. The number of hydrogen-bond donors (Lipinski definition) is 2. The maximum absolute atomic E-state index is 11.0. The van der Waals surface area contributed by atoms with Gasteiger partial charge in [0.2, 0.25) is 0 Å². The summed E-state index contributed by atoms with van der Waals surface area (Å²) in [5.74, 6) is 5.20. The van der Waals surface area contributed by atoms with Gasteiger partial charge in [-0.3, -0.25) is 0 Å². The van der Waals surface area contributed by atoms with E-state index in [-0.39, 0.29) is 6.61 Å². The number of carbonyl (C=O) groups excluding carboxylic acids is 1. The SMILES string of the molecule is C=CCc1ccc(OCC(=O)ONN)c(OC)c1. The van der Waals surface area contributed by atoms with Crippen LogP contribution < -0.4 is 20.9 Å². The molecule has 0 amide bonds. The van der Waals surface area contributed by atoms with Gasteiger partial charge in [0.15, 0.2) is 18.1 Å². The summed E-state index contributed by atoms with van der Waals surface area (Å²) in [6, 6.07) is 5.41. The van der Waals surface area contributed by atoms with Crippen molar-refractivity contribution in [1.82, 2.24) is 5.59 Å². The van der Waals surface area contributed by atoms with Crippen molar-refractivity contribution in [2.24, 2.45) is 5.84 Å². The Morgan fingerprint density at radius 1 is 1.50 bits per heavy atom. The van der Waals surface area contributed by atoms with Gasteiger partial charge in [0.05, 0.1) is 7.11 Å². The first-order chi connectivity index (χ1) is 8.71. The molecular weight excluding hydrogens is 236 g/mol. The number of hydrazine groups is 1. The normalized spacial score (nSPS) is 9.67. The van der Waals surface area contributed by atoms with E-state index in [0.717, 1.165) is 12.0 Å². The number of hydrogen-bond acceptors (Lipinski definition) is 6. The molecule has 0 aliphatic rings. The summed E-state index contributed by atoms with van der Waals surface area (Å²) in [5, 5.41) is 0. The Labute approximate surface area is 105 Å². The third kappa shape index (κ3) is 4.08. The first-order valence-corrected chi connectivity index (χ1v) is 5.27. The smallest absolute Gasteiger partial charge is 0.363 e. The van der Waals surface area contributed by atoms with Crippen LogP contribution in [0, 0.1) is 0 Å². The summed E-state index contributed by atoms with van der Waals surface area (Å²) in [4.78, 5) is 15.4. The number of ether oxygens (including phenoxy) is 2. The van der Waals surface area contributed by atoms with Crippen LogP contribution in [0.5, 0.6) is 11.5 Å². The first-order valence-electron chi connectivity index (χ1n) is 5.27.